The molecule has 0 saturated carbocycles. The van der Waals surface area contributed by atoms with Crippen molar-refractivity contribution in [2.75, 3.05) is 38.7 Å². The summed E-state index contributed by atoms with van der Waals surface area (Å²) in [5.41, 5.74) is 0. The van der Waals surface area contributed by atoms with Crippen LogP contribution in [0.1, 0.15) is 0 Å². The van der Waals surface area contributed by atoms with Gasteiger partial charge in [0.05, 0.1) is 31.8 Å². The van der Waals surface area contributed by atoms with Crippen molar-refractivity contribution in [1.82, 2.24) is 5.32 Å². The Kier molecular flexibility index (Phi) is 3.66. The molecule has 0 amide bonds. The zero-order valence-electron chi connectivity index (χ0n) is 9.02. The summed E-state index contributed by atoms with van der Waals surface area (Å²) in [4.78, 5) is 0. The van der Waals surface area contributed by atoms with Gasteiger partial charge in [-0.3, -0.25) is 0 Å². The summed E-state index contributed by atoms with van der Waals surface area (Å²) >= 11 is 1.86. The molecular weight excluding hydrogens is 230 g/mol. The number of rotatable bonds is 2. The summed E-state index contributed by atoms with van der Waals surface area (Å²) in [5.74, 6) is 1.12. The Morgan fingerprint density at radius 3 is 2.62 bits per heavy atom. The number of thioether (sulfide) groups is 1. The summed E-state index contributed by atoms with van der Waals surface area (Å²) < 4.78 is 22.4. The second kappa shape index (κ2) is 5.20. The maximum absolute atomic E-state index is 5.78. The lowest BCUT2D eigenvalue weighted by Crippen LogP contribution is -2.48. The molecular formula is C10H16NO4S. The Labute approximate surface area is 99.1 Å². The van der Waals surface area contributed by atoms with Crippen molar-refractivity contribution >= 4 is 11.8 Å². The van der Waals surface area contributed by atoms with Gasteiger partial charge in [0, 0.05) is 12.3 Å². The molecule has 0 aliphatic carbocycles. The minimum absolute atomic E-state index is 0.0515. The first-order valence-corrected chi connectivity index (χ1v) is 6.69. The lowest BCUT2D eigenvalue weighted by Gasteiger charge is -2.36. The Morgan fingerprint density at radius 1 is 1.06 bits per heavy atom. The van der Waals surface area contributed by atoms with Crippen molar-refractivity contribution < 1.29 is 18.9 Å². The highest BCUT2D eigenvalue weighted by Crippen LogP contribution is 2.33. The topological polar surface area (TPSA) is 49.0 Å². The first-order chi connectivity index (χ1) is 7.95. The van der Waals surface area contributed by atoms with Gasteiger partial charge in [-0.1, -0.05) is 0 Å². The summed E-state index contributed by atoms with van der Waals surface area (Å²) in [6.07, 6.45) is 0.410. The van der Waals surface area contributed by atoms with Gasteiger partial charge in [0.15, 0.2) is 12.4 Å². The van der Waals surface area contributed by atoms with Gasteiger partial charge in [-0.05, 0) is 0 Å². The normalized spacial score (nSPS) is 38.2. The lowest BCUT2D eigenvalue weighted by atomic mass is 10.1. The van der Waals surface area contributed by atoms with E-state index in [9.17, 15) is 0 Å². The molecule has 3 aliphatic heterocycles. The molecule has 3 heterocycles. The van der Waals surface area contributed by atoms with Crippen molar-refractivity contribution in [2.45, 2.75) is 17.8 Å². The van der Waals surface area contributed by atoms with Crippen molar-refractivity contribution in [3.63, 3.8) is 0 Å². The van der Waals surface area contributed by atoms with E-state index in [1.165, 1.54) is 0 Å². The van der Waals surface area contributed by atoms with E-state index in [1.54, 1.807) is 0 Å². The average Bonchev–Trinajstić information content (AvgIpc) is 3.03. The van der Waals surface area contributed by atoms with Gasteiger partial charge in [0.2, 0.25) is 0 Å². The number of hydrogen-bond acceptors (Lipinski definition) is 6. The second-order valence-electron chi connectivity index (χ2n) is 3.86. The molecule has 1 radical (unpaired) electrons. The molecule has 0 bridgehead atoms. The summed E-state index contributed by atoms with van der Waals surface area (Å²) in [6.45, 7) is 3.52. The molecule has 0 aromatic rings. The minimum Gasteiger partial charge on any atom is -0.370 e. The zero-order valence-corrected chi connectivity index (χ0v) is 9.83. The summed E-state index contributed by atoms with van der Waals surface area (Å²) in [6, 6.07) is 0. The van der Waals surface area contributed by atoms with Gasteiger partial charge in [-0.2, -0.15) is 0 Å². The molecule has 1 N–H and O–H groups in total. The van der Waals surface area contributed by atoms with E-state index in [0.29, 0.717) is 26.4 Å². The van der Waals surface area contributed by atoms with E-state index in [1.807, 2.05) is 11.8 Å². The second-order valence-corrected chi connectivity index (χ2v) is 5.11. The molecule has 0 spiro atoms. The van der Waals surface area contributed by atoms with Crippen molar-refractivity contribution in [3.05, 3.63) is 6.10 Å². The van der Waals surface area contributed by atoms with E-state index < -0.39 is 0 Å². The molecule has 2 atom stereocenters. The smallest absolute Gasteiger partial charge is 0.192 e. The largest absolute Gasteiger partial charge is 0.370 e. The standard InChI is InChI=1S/C10H16NO4S/c1-6-16-9(11-1)7-8(13-3-2-12-7)10-14-4-5-15-10/h7,9-11H,1-6H2. The molecule has 16 heavy (non-hydrogen) atoms. The monoisotopic (exact) mass is 246 g/mol. The summed E-state index contributed by atoms with van der Waals surface area (Å²) in [5, 5.41) is 3.67. The molecule has 91 valence electrons. The number of ether oxygens (including phenoxy) is 4. The number of hydrogen-bond donors (Lipinski definition) is 1. The lowest BCUT2D eigenvalue weighted by molar-refractivity contribution is -0.166. The van der Waals surface area contributed by atoms with Crippen LogP contribution in [0.3, 0.4) is 0 Å². The third kappa shape index (κ3) is 2.23. The van der Waals surface area contributed by atoms with E-state index in [2.05, 4.69) is 5.32 Å². The maximum Gasteiger partial charge on any atom is 0.192 e. The molecule has 0 aromatic heterocycles. The molecule has 6 heteroatoms. The highest BCUT2D eigenvalue weighted by Gasteiger charge is 2.43. The van der Waals surface area contributed by atoms with Crippen LogP contribution >= 0.6 is 11.8 Å². The SMILES string of the molecule is C1CSC(C2OCCO[C]2C2OCCO2)N1. The van der Waals surface area contributed by atoms with Crippen LogP contribution in [0.15, 0.2) is 0 Å². The van der Waals surface area contributed by atoms with Crippen LogP contribution in [0.4, 0.5) is 0 Å². The summed E-state index contributed by atoms with van der Waals surface area (Å²) in [7, 11) is 0. The van der Waals surface area contributed by atoms with Crippen LogP contribution in [0.25, 0.3) is 0 Å². The Bertz CT molecular complexity index is 207. The van der Waals surface area contributed by atoms with Crippen LogP contribution in [-0.4, -0.2) is 56.5 Å². The fourth-order valence-electron chi connectivity index (χ4n) is 2.10. The average molecular weight is 246 g/mol. The van der Waals surface area contributed by atoms with Gasteiger partial charge < -0.3 is 24.3 Å². The highest BCUT2D eigenvalue weighted by molar-refractivity contribution is 8.00. The van der Waals surface area contributed by atoms with E-state index in [-0.39, 0.29) is 17.8 Å². The van der Waals surface area contributed by atoms with Gasteiger partial charge >= 0.3 is 0 Å². The molecule has 3 aliphatic rings. The molecule has 3 rings (SSSR count). The van der Waals surface area contributed by atoms with Crippen LogP contribution in [0.2, 0.25) is 0 Å². The maximum atomic E-state index is 5.78. The fraction of sp³-hybridized carbons (Fsp3) is 0.900. The molecule has 3 saturated heterocycles. The van der Waals surface area contributed by atoms with Crippen molar-refractivity contribution in [1.29, 1.82) is 0 Å². The first kappa shape index (κ1) is 11.3. The Morgan fingerprint density at radius 2 is 1.88 bits per heavy atom. The van der Waals surface area contributed by atoms with E-state index in [0.717, 1.165) is 18.4 Å². The van der Waals surface area contributed by atoms with E-state index in [4.69, 9.17) is 18.9 Å². The minimum atomic E-state index is -0.340. The van der Waals surface area contributed by atoms with E-state index >= 15 is 0 Å². The predicted octanol–water partition coefficient (Wildman–Crippen LogP) is -0.0308. The zero-order chi connectivity index (χ0) is 10.8. The Balaban J connectivity index is 1.67. The van der Waals surface area contributed by atoms with Gasteiger partial charge in [-0.25, -0.2) is 0 Å². The highest BCUT2D eigenvalue weighted by atomic mass is 32.2. The number of nitrogens with one attached hydrogen (secondary N) is 1. The van der Waals surface area contributed by atoms with Crippen LogP contribution in [-0.2, 0) is 18.9 Å². The quantitative estimate of drug-likeness (QED) is 0.738. The van der Waals surface area contributed by atoms with Gasteiger partial charge in [0.1, 0.15) is 6.10 Å². The van der Waals surface area contributed by atoms with Crippen molar-refractivity contribution in [3.8, 4) is 0 Å². The molecule has 5 nitrogen and oxygen atoms in total. The molecule has 2 unspecified atom stereocenters. The van der Waals surface area contributed by atoms with Crippen LogP contribution in [0.5, 0.6) is 0 Å². The first-order valence-electron chi connectivity index (χ1n) is 5.64. The predicted molar refractivity (Wildman–Crippen MR) is 58.9 cm³/mol. The van der Waals surface area contributed by atoms with Gasteiger partial charge in [-0.15, -0.1) is 11.8 Å². The van der Waals surface area contributed by atoms with Crippen LogP contribution in [0, 0.1) is 6.10 Å². The fourth-order valence-corrected chi connectivity index (χ4v) is 3.21. The molecule has 0 aromatic carbocycles. The van der Waals surface area contributed by atoms with Crippen molar-refractivity contribution in [2.24, 2.45) is 0 Å². The Hall–Kier alpha value is 0.150. The van der Waals surface area contributed by atoms with Gasteiger partial charge in [0.25, 0.3) is 0 Å². The third-order valence-corrected chi connectivity index (χ3v) is 4.02. The van der Waals surface area contributed by atoms with Crippen LogP contribution < -0.4 is 5.32 Å². The third-order valence-electron chi connectivity index (χ3n) is 2.80. The molecule has 3 fully saturated rings.